The second-order valence-corrected chi connectivity index (χ2v) is 5.25. The van der Waals surface area contributed by atoms with Crippen LogP contribution in [0.25, 0.3) is 0 Å². The fourth-order valence-electron chi connectivity index (χ4n) is 1.39. The van der Waals surface area contributed by atoms with Gasteiger partial charge >= 0.3 is 6.18 Å². The van der Waals surface area contributed by atoms with Crippen LogP contribution in [-0.2, 0) is 6.18 Å². The Morgan fingerprint density at radius 1 is 1.42 bits per heavy atom. The average Bonchev–Trinajstić information content (AvgIpc) is 2.33. The number of nitrogens with two attached hydrogens (primary N) is 1. The lowest BCUT2D eigenvalue weighted by Crippen LogP contribution is -2.51. The van der Waals surface area contributed by atoms with Gasteiger partial charge in [-0.2, -0.15) is 13.2 Å². The second-order valence-electron chi connectivity index (χ2n) is 3.70. The van der Waals surface area contributed by atoms with Crippen LogP contribution in [0.1, 0.15) is 5.69 Å². The molecule has 0 aromatic carbocycles. The lowest BCUT2D eigenvalue weighted by Gasteiger charge is -2.27. The number of thioether (sulfide) groups is 1. The predicted octanol–water partition coefficient (Wildman–Crippen LogP) is 2.03. The van der Waals surface area contributed by atoms with Gasteiger partial charge in [-0.3, -0.25) is 4.98 Å². The number of alkyl halides is 4. The Hall–Kier alpha value is -1.12. The van der Waals surface area contributed by atoms with Gasteiger partial charge in [-0.15, -0.1) is 0 Å². The molecule has 4 N–H and O–H groups in total. The first-order valence-electron chi connectivity index (χ1n) is 5.20. The topological polar surface area (TPSA) is 63.0 Å². The number of pyridine rings is 1. The first kappa shape index (κ1) is 14.3. The van der Waals surface area contributed by atoms with Gasteiger partial charge in [-0.1, -0.05) is 23.4 Å². The zero-order valence-electron chi connectivity index (χ0n) is 9.41. The number of nitrogens with one attached hydrogen (secondary N) is 2. The molecule has 4 nitrogen and oxygen atoms in total. The van der Waals surface area contributed by atoms with Gasteiger partial charge in [0.1, 0.15) is 11.7 Å². The van der Waals surface area contributed by atoms with Crippen molar-refractivity contribution in [1.82, 2.24) is 15.6 Å². The van der Waals surface area contributed by atoms with Crippen LogP contribution in [0.3, 0.4) is 0 Å². The molecule has 104 valence electrons. The monoisotopic (exact) mass is 310 g/mol. The molecule has 0 radical (unpaired) electrons. The van der Waals surface area contributed by atoms with Gasteiger partial charge in [0.05, 0.1) is 5.03 Å². The van der Waals surface area contributed by atoms with E-state index in [9.17, 15) is 13.2 Å². The first-order valence-corrected chi connectivity index (χ1v) is 6.45. The van der Waals surface area contributed by atoms with Crippen LogP contribution in [0.5, 0.6) is 0 Å². The summed E-state index contributed by atoms with van der Waals surface area (Å²) in [6, 6.07) is 2.79. The van der Waals surface area contributed by atoms with Gasteiger partial charge in [0.15, 0.2) is 5.69 Å². The van der Waals surface area contributed by atoms with E-state index >= 15 is 0 Å². The Kier molecular flexibility index (Phi) is 4.12. The van der Waals surface area contributed by atoms with Crippen molar-refractivity contribution in [1.29, 1.82) is 0 Å². The van der Waals surface area contributed by atoms with Crippen molar-refractivity contribution in [3.05, 3.63) is 35.3 Å². The summed E-state index contributed by atoms with van der Waals surface area (Å²) in [7, 11) is 0. The van der Waals surface area contributed by atoms with E-state index in [4.69, 9.17) is 17.3 Å². The van der Waals surface area contributed by atoms with Crippen LogP contribution >= 0.6 is 23.4 Å². The smallest absolute Gasteiger partial charge is 0.371 e. The van der Waals surface area contributed by atoms with Crippen molar-refractivity contribution in [3.8, 4) is 0 Å². The van der Waals surface area contributed by atoms with E-state index in [0.29, 0.717) is 5.03 Å². The molecule has 9 heteroatoms. The third-order valence-electron chi connectivity index (χ3n) is 2.26. The van der Waals surface area contributed by atoms with Crippen LogP contribution in [-0.4, -0.2) is 16.7 Å². The molecule has 19 heavy (non-hydrogen) atoms. The molecular formula is C10H10ClF3N4S. The lowest BCUT2D eigenvalue weighted by molar-refractivity contribution is -0.143. The maximum atomic E-state index is 12.8. The zero-order chi connectivity index (χ0) is 14.0. The van der Waals surface area contributed by atoms with Crippen molar-refractivity contribution in [2.24, 2.45) is 5.73 Å². The minimum atomic E-state index is -4.50. The molecule has 2 heterocycles. The minimum Gasteiger partial charge on any atom is -0.371 e. The Labute approximate surface area is 116 Å². The number of aromatic nitrogens is 1. The van der Waals surface area contributed by atoms with Gasteiger partial charge in [0, 0.05) is 17.3 Å². The van der Waals surface area contributed by atoms with Crippen LogP contribution in [0.4, 0.5) is 13.2 Å². The quantitative estimate of drug-likeness (QED) is 0.576. The number of hydrogen-bond acceptors (Lipinski definition) is 5. The maximum absolute atomic E-state index is 12.8. The Bertz CT molecular complexity index is 494. The number of hydrogen-bond donors (Lipinski definition) is 3. The minimum absolute atomic E-state index is 0.00473. The molecule has 2 unspecified atom stereocenters. The summed E-state index contributed by atoms with van der Waals surface area (Å²) < 4.78 is 38.3. The SMILES string of the molecule is NC1NC=C(Sc2cccnc2C(F)(F)F)NC1Cl. The number of nitrogens with zero attached hydrogens (tertiary/aromatic N) is 1. The van der Waals surface area contributed by atoms with E-state index in [1.165, 1.54) is 18.3 Å². The summed E-state index contributed by atoms with van der Waals surface area (Å²) in [5, 5.41) is 6.00. The lowest BCUT2D eigenvalue weighted by atomic mass is 10.3. The van der Waals surface area contributed by atoms with E-state index in [1.54, 1.807) is 0 Å². The normalized spacial score (nSPS) is 23.3. The molecule has 1 aromatic rings. The van der Waals surface area contributed by atoms with E-state index in [-0.39, 0.29) is 4.90 Å². The highest BCUT2D eigenvalue weighted by atomic mass is 35.5. The highest BCUT2D eigenvalue weighted by Crippen LogP contribution is 2.37. The molecule has 0 bridgehead atoms. The van der Waals surface area contributed by atoms with E-state index in [0.717, 1.165) is 18.0 Å². The standard InChI is InChI=1S/C10H10ClF3N4S/c11-8-9(15)17-4-6(18-8)19-5-2-1-3-16-7(5)10(12,13)14/h1-4,8-9,17-18H,15H2. The second kappa shape index (κ2) is 5.48. The summed E-state index contributed by atoms with van der Waals surface area (Å²) in [4.78, 5) is 3.37. The molecule has 1 aliphatic heterocycles. The van der Waals surface area contributed by atoms with Gasteiger partial charge in [0.25, 0.3) is 0 Å². The van der Waals surface area contributed by atoms with Crippen molar-refractivity contribution < 1.29 is 13.2 Å². The molecule has 0 aliphatic carbocycles. The average molecular weight is 311 g/mol. The molecule has 2 atom stereocenters. The molecule has 1 aromatic heterocycles. The number of halogens is 4. The first-order chi connectivity index (χ1) is 8.88. The molecule has 0 saturated heterocycles. The molecule has 0 fully saturated rings. The Morgan fingerprint density at radius 2 is 2.16 bits per heavy atom. The van der Waals surface area contributed by atoms with E-state index in [1.807, 2.05) is 0 Å². The van der Waals surface area contributed by atoms with Crippen LogP contribution in [0, 0.1) is 0 Å². The van der Waals surface area contributed by atoms with Crippen molar-refractivity contribution in [2.75, 3.05) is 0 Å². The van der Waals surface area contributed by atoms with Crippen LogP contribution in [0.2, 0.25) is 0 Å². The molecule has 0 spiro atoms. The summed E-state index contributed by atoms with van der Waals surface area (Å²) in [5.74, 6) is 0. The largest absolute Gasteiger partial charge is 0.434 e. The molecular weight excluding hydrogens is 301 g/mol. The van der Waals surface area contributed by atoms with Gasteiger partial charge in [-0.05, 0) is 12.1 Å². The third-order valence-corrected chi connectivity index (χ3v) is 3.65. The highest BCUT2D eigenvalue weighted by molar-refractivity contribution is 8.03. The van der Waals surface area contributed by atoms with Crippen molar-refractivity contribution in [3.63, 3.8) is 0 Å². The Morgan fingerprint density at radius 3 is 2.79 bits per heavy atom. The van der Waals surface area contributed by atoms with Crippen LogP contribution in [0.15, 0.2) is 34.5 Å². The molecule has 0 amide bonds. The molecule has 1 aliphatic rings. The van der Waals surface area contributed by atoms with Crippen molar-refractivity contribution in [2.45, 2.75) is 22.7 Å². The van der Waals surface area contributed by atoms with Gasteiger partial charge < -0.3 is 16.4 Å². The van der Waals surface area contributed by atoms with Gasteiger partial charge in [-0.25, -0.2) is 0 Å². The molecule has 0 saturated carbocycles. The van der Waals surface area contributed by atoms with E-state index < -0.39 is 23.5 Å². The van der Waals surface area contributed by atoms with Crippen molar-refractivity contribution >= 4 is 23.4 Å². The zero-order valence-corrected chi connectivity index (χ0v) is 11.0. The maximum Gasteiger partial charge on any atom is 0.434 e. The van der Waals surface area contributed by atoms with Gasteiger partial charge in [0.2, 0.25) is 0 Å². The fraction of sp³-hybridized carbons (Fsp3) is 0.300. The highest BCUT2D eigenvalue weighted by Gasteiger charge is 2.35. The summed E-state index contributed by atoms with van der Waals surface area (Å²) in [6.07, 6.45) is -2.40. The van der Waals surface area contributed by atoms with E-state index in [2.05, 4.69) is 15.6 Å². The summed E-state index contributed by atoms with van der Waals surface area (Å²) >= 11 is 6.76. The predicted molar refractivity (Wildman–Crippen MR) is 67.1 cm³/mol. The Balaban J connectivity index is 2.21. The number of rotatable bonds is 2. The van der Waals surface area contributed by atoms with Crippen LogP contribution < -0.4 is 16.4 Å². The third kappa shape index (κ3) is 3.46. The fourth-order valence-corrected chi connectivity index (χ4v) is 2.60. The summed E-state index contributed by atoms with van der Waals surface area (Å²) in [6.45, 7) is 0. The molecule has 2 rings (SSSR count). The summed E-state index contributed by atoms with van der Waals surface area (Å²) in [5.41, 5.74) is 4.06.